The fraction of sp³-hybridized carbons (Fsp3) is 0.226. The number of benzene rings is 3. The van der Waals surface area contributed by atoms with Gasteiger partial charge in [-0.05, 0) is 64.6 Å². The van der Waals surface area contributed by atoms with E-state index in [4.69, 9.17) is 9.47 Å². The zero-order chi connectivity index (χ0) is 26.3. The number of ether oxygens (including phenoxy) is 2. The molecule has 0 saturated heterocycles. The average Bonchev–Trinajstić information content (AvgIpc) is 3.17. The number of carbonyl (C=O) groups excluding carboxylic acids is 2. The Hall–Kier alpha value is -4.32. The lowest BCUT2D eigenvalue weighted by atomic mass is 9.86. The van der Waals surface area contributed by atoms with Crippen molar-refractivity contribution < 1.29 is 19.1 Å². The molecule has 3 aromatic carbocycles. The number of hydrogen-bond acceptors (Lipinski definition) is 4. The molecule has 0 saturated carbocycles. The number of carbonyl (C=O) groups is 2. The topological polar surface area (TPSA) is 80.4 Å². The van der Waals surface area contributed by atoms with E-state index >= 15 is 0 Å². The molecule has 0 bridgehead atoms. The van der Waals surface area contributed by atoms with Crippen molar-refractivity contribution in [3.05, 3.63) is 82.9 Å². The minimum Gasteiger partial charge on any atom is -0.497 e. The number of nitrogens with one attached hydrogen (secondary N) is 2. The molecule has 1 aliphatic heterocycles. The number of fused-ring (bicyclic) bond motifs is 5. The summed E-state index contributed by atoms with van der Waals surface area (Å²) in [5.41, 5.74) is 7.06. The van der Waals surface area contributed by atoms with Crippen LogP contribution in [0, 0.1) is 0 Å². The highest BCUT2D eigenvalue weighted by Crippen LogP contribution is 2.39. The minimum absolute atomic E-state index is 0.000304. The van der Waals surface area contributed by atoms with Gasteiger partial charge in [-0.15, -0.1) is 0 Å². The summed E-state index contributed by atoms with van der Waals surface area (Å²) in [5, 5.41) is 4.09. The Labute approximate surface area is 216 Å². The Morgan fingerprint density at radius 3 is 2.51 bits per heavy atom. The summed E-state index contributed by atoms with van der Waals surface area (Å²) in [4.78, 5) is 29.3. The lowest BCUT2D eigenvalue weighted by molar-refractivity contribution is -0.115. The smallest absolute Gasteiger partial charge is 0.228 e. The number of rotatable bonds is 5. The van der Waals surface area contributed by atoms with Gasteiger partial charge in [0, 0.05) is 22.5 Å². The molecular formula is C31H30N2O4. The molecule has 5 rings (SSSR count). The zero-order valence-electron chi connectivity index (χ0n) is 21.7. The van der Waals surface area contributed by atoms with E-state index < -0.39 is 0 Å². The number of hydrogen-bond donors (Lipinski definition) is 2. The number of H-pyrrole nitrogens is 1. The van der Waals surface area contributed by atoms with Crippen molar-refractivity contribution in [2.45, 2.75) is 32.6 Å². The molecular weight excluding hydrogens is 464 g/mol. The first-order chi connectivity index (χ1) is 17.7. The molecule has 0 spiro atoms. The first-order valence-electron chi connectivity index (χ1n) is 12.2. The Morgan fingerprint density at radius 2 is 1.78 bits per heavy atom. The molecule has 37 heavy (non-hydrogen) atoms. The quantitative estimate of drug-likeness (QED) is 0.244. The SMILES string of the molecule is COc1ccc(C(=O)C=Cc2ccc3c(c2)-c2[nH]c4ccc(C(C)(C)C)cc4c2CC(=O)N3)c(OC)c1. The third-order valence-electron chi connectivity index (χ3n) is 6.80. The van der Waals surface area contributed by atoms with Crippen LogP contribution >= 0.6 is 0 Å². The monoisotopic (exact) mass is 494 g/mol. The van der Waals surface area contributed by atoms with E-state index in [1.165, 1.54) is 18.7 Å². The van der Waals surface area contributed by atoms with Gasteiger partial charge in [-0.25, -0.2) is 0 Å². The number of anilines is 1. The van der Waals surface area contributed by atoms with Crippen molar-refractivity contribution in [1.82, 2.24) is 4.98 Å². The van der Waals surface area contributed by atoms with Crippen LogP contribution in [0.1, 0.15) is 47.8 Å². The van der Waals surface area contributed by atoms with Crippen molar-refractivity contribution in [3.8, 4) is 22.8 Å². The molecule has 0 aliphatic carbocycles. The maximum absolute atomic E-state index is 12.9. The molecule has 6 nitrogen and oxygen atoms in total. The summed E-state index contributed by atoms with van der Waals surface area (Å²) in [6.45, 7) is 6.55. The molecule has 2 heterocycles. The lowest BCUT2D eigenvalue weighted by Crippen LogP contribution is -2.13. The summed E-state index contributed by atoms with van der Waals surface area (Å²) in [6.07, 6.45) is 3.60. The fourth-order valence-electron chi connectivity index (χ4n) is 4.73. The molecule has 4 aromatic rings. The van der Waals surface area contributed by atoms with Crippen molar-refractivity contribution >= 4 is 34.4 Å². The number of aromatic amines is 1. The molecule has 0 fully saturated rings. The molecule has 0 atom stereocenters. The third-order valence-corrected chi connectivity index (χ3v) is 6.80. The molecule has 1 aromatic heterocycles. The van der Waals surface area contributed by atoms with Gasteiger partial charge < -0.3 is 19.8 Å². The van der Waals surface area contributed by atoms with Crippen LogP contribution in [0.15, 0.2) is 60.7 Å². The van der Waals surface area contributed by atoms with Gasteiger partial charge in [0.05, 0.1) is 37.6 Å². The van der Waals surface area contributed by atoms with Crippen molar-refractivity contribution in [2.24, 2.45) is 0 Å². The van der Waals surface area contributed by atoms with Crippen LogP contribution in [0.5, 0.6) is 11.5 Å². The highest BCUT2D eigenvalue weighted by molar-refractivity contribution is 6.09. The van der Waals surface area contributed by atoms with Gasteiger partial charge in [0.1, 0.15) is 11.5 Å². The first-order valence-corrected chi connectivity index (χ1v) is 12.2. The number of amides is 1. The summed E-state index contributed by atoms with van der Waals surface area (Å²) in [5.74, 6) is 0.848. The van der Waals surface area contributed by atoms with E-state index in [9.17, 15) is 9.59 Å². The minimum atomic E-state index is -0.177. The fourth-order valence-corrected chi connectivity index (χ4v) is 4.73. The van der Waals surface area contributed by atoms with E-state index in [0.29, 0.717) is 23.5 Å². The molecule has 0 unspecified atom stereocenters. The number of aromatic nitrogens is 1. The summed E-state index contributed by atoms with van der Waals surface area (Å²) in [7, 11) is 3.09. The second-order valence-electron chi connectivity index (χ2n) is 10.3. The van der Waals surface area contributed by atoms with Gasteiger partial charge in [0.2, 0.25) is 5.91 Å². The van der Waals surface area contributed by atoms with E-state index in [1.54, 1.807) is 31.4 Å². The highest BCUT2D eigenvalue weighted by Gasteiger charge is 2.24. The number of methoxy groups -OCH3 is 2. The summed E-state index contributed by atoms with van der Waals surface area (Å²) < 4.78 is 10.6. The van der Waals surface area contributed by atoms with Gasteiger partial charge in [0.15, 0.2) is 5.78 Å². The van der Waals surface area contributed by atoms with Gasteiger partial charge in [0.25, 0.3) is 0 Å². The van der Waals surface area contributed by atoms with Crippen LogP contribution in [0.3, 0.4) is 0 Å². The van der Waals surface area contributed by atoms with E-state index in [2.05, 4.69) is 49.3 Å². The largest absolute Gasteiger partial charge is 0.497 e. The summed E-state index contributed by atoms with van der Waals surface area (Å²) >= 11 is 0. The van der Waals surface area contributed by atoms with Gasteiger partial charge in [-0.2, -0.15) is 0 Å². The molecule has 0 radical (unpaired) electrons. The average molecular weight is 495 g/mol. The number of allylic oxidation sites excluding steroid dienone is 1. The maximum atomic E-state index is 12.9. The molecule has 1 amide bonds. The van der Waals surface area contributed by atoms with Crippen molar-refractivity contribution in [2.75, 3.05) is 19.5 Å². The molecule has 188 valence electrons. The van der Waals surface area contributed by atoms with Crippen molar-refractivity contribution in [3.63, 3.8) is 0 Å². The second kappa shape index (κ2) is 9.28. The van der Waals surface area contributed by atoms with E-state index in [-0.39, 0.29) is 17.1 Å². The third kappa shape index (κ3) is 4.62. The Bertz CT molecular complexity index is 1570. The van der Waals surface area contributed by atoms with E-state index in [0.717, 1.165) is 39.0 Å². The predicted molar refractivity (Wildman–Crippen MR) is 148 cm³/mol. The van der Waals surface area contributed by atoms with Crippen LogP contribution in [-0.4, -0.2) is 30.9 Å². The van der Waals surface area contributed by atoms with Crippen LogP contribution in [0.25, 0.3) is 28.2 Å². The molecule has 2 N–H and O–H groups in total. The van der Waals surface area contributed by atoms with Crippen molar-refractivity contribution in [1.29, 1.82) is 0 Å². The van der Waals surface area contributed by atoms with Crippen LogP contribution in [-0.2, 0) is 16.6 Å². The van der Waals surface area contributed by atoms with E-state index in [1.807, 2.05) is 18.2 Å². The Balaban J connectivity index is 1.54. The van der Waals surface area contributed by atoms with Crippen LogP contribution in [0.2, 0.25) is 0 Å². The molecule has 6 heteroatoms. The standard InChI is InChI=1S/C31H30N2O4/c1-31(2,3)19-8-12-25-22(15-19)23-17-29(35)32-26-11-6-18(14-24(26)30(23)33-25)7-13-27(34)21-10-9-20(36-4)16-28(21)37-5/h6-16,33H,17H2,1-5H3,(H,32,35). The van der Waals surface area contributed by atoms with Gasteiger partial charge >= 0.3 is 0 Å². The summed E-state index contributed by atoms with van der Waals surface area (Å²) in [6, 6.07) is 17.3. The first kappa shape index (κ1) is 24.4. The Morgan fingerprint density at radius 1 is 0.973 bits per heavy atom. The van der Waals surface area contributed by atoms with Gasteiger partial charge in [-0.3, -0.25) is 9.59 Å². The highest BCUT2D eigenvalue weighted by atomic mass is 16.5. The van der Waals surface area contributed by atoms with Gasteiger partial charge in [-0.1, -0.05) is 39.0 Å². The number of ketones is 1. The maximum Gasteiger partial charge on any atom is 0.228 e. The van der Waals surface area contributed by atoms with Crippen LogP contribution in [0.4, 0.5) is 5.69 Å². The normalized spacial score (nSPS) is 13.2. The second-order valence-corrected chi connectivity index (χ2v) is 10.3. The van der Waals surface area contributed by atoms with Crippen LogP contribution < -0.4 is 14.8 Å². The predicted octanol–water partition coefficient (Wildman–Crippen LogP) is 6.54. The lowest BCUT2D eigenvalue weighted by Gasteiger charge is -2.19. The zero-order valence-corrected chi connectivity index (χ0v) is 21.7. The molecule has 1 aliphatic rings. The Kier molecular flexibility index (Phi) is 6.12.